The van der Waals surface area contributed by atoms with Gasteiger partial charge in [0.1, 0.15) is 5.76 Å². The van der Waals surface area contributed by atoms with E-state index in [0.29, 0.717) is 16.3 Å². The van der Waals surface area contributed by atoms with Gasteiger partial charge in [-0.25, -0.2) is 5.43 Å². The number of hydrogen-bond acceptors (Lipinski definition) is 4. The molecule has 0 atom stereocenters. The molecule has 0 spiro atoms. The predicted molar refractivity (Wildman–Crippen MR) is 78.2 cm³/mol. The van der Waals surface area contributed by atoms with E-state index in [0.717, 1.165) is 0 Å². The minimum Gasteiger partial charge on any atom is -0.463 e. The van der Waals surface area contributed by atoms with Crippen molar-refractivity contribution >= 4 is 29.6 Å². The molecule has 21 heavy (non-hydrogen) atoms. The summed E-state index contributed by atoms with van der Waals surface area (Å²) in [6.45, 7) is -0.184. The van der Waals surface area contributed by atoms with Gasteiger partial charge in [-0.2, -0.15) is 5.10 Å². The van der Waals surface area contributed by atoms with E-state index in [1.807, 2.05) is 0 Å². The molecule has 0 aliphatic heterocycles. The van der Waals surface area contributed by atoms with Gasteiger partial charge in [-0.1, -0.05) is 11.6 Å². The molecule has 1 aromatic carbocycles. The van der Waals surface area contributed by atoms with E-state index >= 15 is 0 Å². The summed E-state index contributed by atoms with van der Waals surface area (Å²) in [7, 11) is 0. The molecule has 0 bridgehead atoms. The molecule has 2 rings (SSSR count). The normalized spacial score (nSPS) is 10.5. The van der Waals surface area contributed by atoms with Crippen LogP contribution in [0.25, 0.3) is 0 Å². The maximum absolute atomic E-state index is 11.7. The molecule has 0 unspecified atom stereocenters. The lowest BCUT2D eigenvalue weighted by Crippen LogP contribution is -2.34. The number of furan rings is 1. The summed E-state index contributed by atoms with van der Waals surface area (Å²) in [6.07, 6.45) is 2.86. The van der Waals surface area contributed by atoms with Crippen molar-refractivity contribution in [1.29, 1.82) is 0 Å². The van der Waals surface area contributed by atoms with Crippen LogP contribution in [0.2, 0.25) is 5.02 Å². The second kappa shape index (κ2) is 7.25. The van der Waals surface area contributed by atoms with Gasteiger partial charge in [-0.15, -0.1) is 0 Å². The lowest BCUT2D eigenvalue weighted by atomic mass is 10.2. The molecule has 0 saturated heterocycles. The SMILES string of the molecule is O=C(CNC(=O)c1ccc(Cl)cc1)N/N=C/c1ccco1. The molecule has 0 radical (unpaired) electrons. The number of carbonyl (C=O) groups excluding carboxylic acids is 2. The zero-order chi connectivity index (χ0) is 15.1. The van der Waals surface area contributed by atoms with Crippen LogP contribution in [0.4, 0.5) is 0 Å². The Hall–Kier alpha value is -2.60. The van der Waals surface area contributed by atoms with Crippen molar-refractivity contribution in [3.63, 3.8) is 0 Å². The van der Waals surface area contributed by atoms with E-state index in [2.05, 4.69) is 15.8 Å². The Bertz CT molecular complexity index is 636. The van der Waals surface area contributed by atoms with Crippen molar-refractivity contribution in [2.75, 3.05) is 6.54 Å². The average Bonchev–Trinajstić information content (AvgIpc) is 2.99. The minimum absolute atomic E-state index is 0.184. The van der Waals surface area contributed by atoms with Crippen molar-refractivity contribution in [2.45, 2.75) is 0 Å². The Labute approximate surface area is 125 Å². The molecule has 1 heterocycles. The van der Waals surface area contributed by atoms with Gasteiger partial charge in [0.05, 0.1) is 19.0 Å². The van der Waals surface area contributed by atoms with Crippen molar-refractivity contribution in [3.8, 4) is 0 Å². The zero-order valence-corrected chi connectivity index (χ0v) is 11.6. The van der Waals surface area contributed by atoms with Crippen LogP contribution in [-0.2, 0) is 4.79 Å². The largest absolute Gasteiger partial charge is 0.463 e. The van der Waals surface area contributed by atoms with Crippen LogP contribution >= 0.6 is 11.6 Å². The number of halogens is 1. The van der Waals surface area contributed by atoms with Gasteiger partial charge in [0, 0.05) is 10.6 Å². The number of hydrazone groups is 1. The highest BCUT2D eigenvalue weighted by Gasteiger charge is 2.07. The number of nitrogens with zero attached hydrogens (tertiary/aromatic N) is 1. The number of carbonyl (C=O) groups is 2. The average molecular weight is 306 g/mol. The molecule has 0 fully saturated rings. The number of rotatable bonds is 5. The molecule has 108 valence electrons. The van der Waals surface area contributed by atoms with Gasteiger partial charge >= 0.3 is 0 Å². The monoisotopic (exact) mass is 305 g/mol. The van der Waals surface area contributed by atoms with Crippen LogP contribution in [0.15, 0.2) is 52.2 Å². The summed E-state index contributed by atoms with van der Waals surface area (Å²) in [4.78, 5) is 23.2. The Morgan fingerprint density at radius 3 is 2.67 bits per heavy atom. The van der Waals surface area contributed by atoms with Crippen molar-refractivity contribution in [2.24, 2.45) is 5.10 Å². The standard InChI is InChI=1S/C14H12ClN3O3/c15-11-5-3-10(4-6-11)14(20)16-9-13(19)18-17-8-12-2-1-7-21-12/h1-8H,9H2,(H,16,20)(H,18,19)/b17-8+. The van der Waals surface area contributed by atoms with E-state index in [4.69, 9.17) is 16.0 Å². The maximum Gasteiger partial charge on any atom is 0.259 e. The van der Waals surface area contributed by atoms with Gasteiger partial charge in [0.15, 0.2) is 0 Å². The highest BCUT2D eigenvalue weighted by atomic mass is 35.5. The Balaban J connectivity index is 1.76. The van der Waals surface area contributed by atoms with Gasteiger partial charge < -0.3 is 9.73 Å². The molecule has 2 N–H and O–H groups in total. The van der Waals surface area contributed by atoms with Crippen LogP contribution in [0.1, 0.15) is 16.1 Å². The molecule has 2 amide bonds. The number of benzene rings is 1. The topological polar surface area (TPSA) is 83.7 Å². The number of hydrogen-bond donors (Lipinski definition) is 2. The Morgan fingerprint density at radius 2 is 2.00 bits per heavy atom. The number of nitrogens with one attached hydrogen (secondary N) is 2. The zero-order valence-electron chi connectivity index (χ0n) is 10.9. The first kappa shape index (κ1) is 14.8. The summed E-state index contributed by atoms with van der Waals surface area (Å²) < 4.78 is 5.00. The molecular formula is C14H12ClN3O3. The summed E-state index contributed by atoms with van der Waals surface area (Å²) in [6, 6.07) is 9.75. The number of amides is 2. The Morgan fingerprint density at radius 1 is 1.24 bits per heavy atom. The Kier molecular flexibility index (Phi) is 5.11. The first-order valence-corrected chi connectivity index (χ1v) is 6.42. The van der Waals surface area contributed by atoms with Crippen molar-refractivity contribution < 1.29 is 14.0 Å². The lowest BCUT2D eigenvalue weighted by Gasteiger charge is -2.04. The van der Waals surface area contributed by atoms with Crippen molar-refractivity contribution in [1.82, 2.24) is 10.7 Å². The van der Waals surface area contributed by atoms with Gasteiger partial charge in [0.25, 0.3) is 11.8 Å². The predicted octanol–water partition coefficient (Wildman–Crippen LogP) is 1.81. The van der Waals surface area contributed by atoms with E-state index in [9.17, 15) is 9.59 Å². The third kappa shape index (κ3) is 4.77. The summed E-state index contributed by atoms with van der Waals surface area (Å²) in [5, 5.41) is 6.70. The fraction of sp³-hybridized carbons (Fsp3) is 0.0714. The van der Waals surface area contributed by atoms with Gasteiger partial charge in [0.2, 0.25) is 0 Å². The molecule has 1 aromatic heterocycles. The highest BCUT2D eigenvalue weighted by Crippen LogP contribution is 2.09. The van der Waals surface area contributed by atoms with Crippen LogP contribution in [-0.4, -0.2) is 24.6 Å². The third-order valence-corrected chi connectivity index (χ3v) is 2.69. The van der Waals surface area contributed by atoms with Crippen LogP contribution < -0.4 is 10.7 Å². The molecular weight excluding hydrogens is 294 g/mol. The van der Waals surface area contributed by atoms with Gasteiger partial charge in [-0.05, 0) is 36.4 Å². The van der Waals surface area contributed by atoms with E-state index < -0.39 is 5.91 Å². The highest BCUT2D eigenvalue weighted by molar-refractivity contribution is 6.30. The fourth-order valence-corrected chi connectivity index (χ4v) is 1.56. The molecule has 7 heteroatoms. The molecule has 0 aliphatic carbocycles. The lowest BCUT2D eigenvalue weighted by molar-refractivity contribution is -0.120. The molecule has 6 nitrogen and oxygen atoms in total. The maximum atomic E-state index is 11.7. The fourth-order valence-electron chi connectivity index (χ4n) is 1.44. The van der Waals surface area contributed by atoms with Crippen LogP contribution in [0, 0.1) is 0 Å². The first-order valence-electron chi connectivity index (χ1n) is 6.04. The van der Waals surface area contributed by atoms with Crippen LogP contribution in [0.5, 0.6) is 0 Å². The summed E-state index contributed by atoms with van der Waals surface area (Å²) in [5.41, 5.74) is 2.69. The molecule has 0 saturated carbocycles. The van der Waals surface area contributed by atoms with E-state index in [-0.39, 0.29) is 12.5 Å². The summed E-state index contributed by atoms with van der Waals surface area (Å²) in [5.74, 6) is -0.294. The van der Waals surface area contributed by atoms with Crippen LogP contribution in [0.3, 0.4) is 0 Å². The second-order valence-corrected chi connectivity index (χ2v) is 4.43. The second-order valence-electron chi connectivity index (χ2n) is 4.00. The molecule has 0 aliphatic rings. The quantitative estimate of drug-likeness (QED) is 0.653. The molecule has 2 aromatic rings. The van der Waals surface area contributed by atoms with Crippen molar-refractivity contribution in [3.05, 3.63) is 59.0 Å². The minimum atomic E-state index is -0.444. The van der Waals surface area contributed by atoms with E-state index in [1.54, 1.807) is 36.4 Å². The third-order valence-electron chi connectivity index (χ3n) is 2.44. The first-order chi connectivity index (χ1) is 10.1. The van der Waals surface area contributed by atoms with E-state index in [1.165, 1.54) is 12.5 Å². The smallest absolute Gasteiger partial charge is 0.259 e. The van der Waals surface area contributed by atoms with Gasteiger partial charge in [-0.3, -0.25) is 9.59 Å². The summed E-state index contributed by atoms with van der Waals surface area (Å²) >= 11 is 5.72.